The number of piperidine rings is 1. The first-order valence-corrected chi connectivity index (χ1v) is 11.4. The fourth-order valence-electron chi connectivity index (χ4n) is 5.33. The lowest BCUT2D eigenvalue weighted by Crippen LogP contribution is -2.60. The summed E-state index contributed by atoms with van der Waals surface area (Å²) in [4.78, 5) is 13.8. The zero-order valence-electron chi connectivity index (χ0n) is 19.4. The molecular formula is C24H37N7. The maximum Gasteiger partial charge on any atom is 0.157 e. The van der Waals surface area contributed by atoms with Crippen LogP contribution >= 0.6 is 0 Å². The lowest BCUT2D eigenvalue weighted by molar-refractivity contribution is 0.170. The van der Waals surface area contributed by atoms with Crippen molar-refractivity contribution in [3.05, 3.63) is 42.2 Å². The van der Waals surface area contributed by atoms with E-state index >= 15 is 0 Å². The first-order valence-electron chi connectivity index (χ1n) is 11.4. The van der Waals surface area contributed by atoms with E-state index in [0.29, 0.717) is 11.7 Å². The minimum atomic E-state index is 0.0686. The highest BCUT2D eigenvalue weighted by molar-refractivity contribution is 5.75. The van der Waals surface area contributed by atoms with Crippen LogP contribution in [0.1, 0.15) is 46.1 Å². The molecular weight excluding hydrogens is 386 g/mol. The Labute approximate surface area is 186 Å². The average molecular weight is 424 g/mol. The molecule has 4 rings (SSSR count). The first kappa shape index (κ1) is 21.8. The second kappa shape index (κ2) is 8.63. The number of aromatic nitrogens is 2. The Morgan fingerprint density at radius 2 is 1.65 bits per heavy atom. The van der Waals surface area contributed by atoms with E-state index in [4.69, 9.17) is 5.73 Å². The fraction of sp³-hybridized carbons (Fsp3) is 0.583. The minimum Gasteiger partial charge on any atom is -0.393 e. The van der Waals surface area contributed by atoms with E-state index in [1.54, 1.807) is 6.33 Å². The quantitative estimate of drug-likeness (QED) is 0.682. The summed E-state index contributed by atoms with van der Waals surface area (Å²) in [5.41, 5.74) is 8.72. The number of anilines is 3. The van der Waals surface area contributed by atoms with Crippen LogP contribution in [0, 0.1) is 0 Å². The molecule has 0 unspecified atom stereocenters. The number of hydrogen-bond acceptors (Lipinski definition) is 7. The van der Waals surface area contributed by atoms with Crippen LogP contribution in [-0.2, 0) is 6.54 Å². The number of nitrogen functional groups attached to an aromatic ring is 1. The van der Waals surface area contributed by atoms with Crippen molar-refractivity contribution in [2.45, 2.75) is 64.2 Å². The number of nitrogens with two attached hydrogens (primary N) is 1. The number of rotatable bonds is 5. The number of nitrogens with one attached hydrogen (secondary N) is 2. The summed E-state index contributed by atoms with van der Waals surface area (Å²) in [6.07, 6.45) is 3.68. The molecule has 1 aromatic heterocycles. The van der Waals surface area contributed by atoms with Crippen molar-refractivity contribution < 1.29 is 0 Å². The molecule has 31 heavy (non-hydrogen) atoms. The summed E-state index contributed by atoms with van der Waals surface area (Å²) in [5, 5.41) is 7.36. The molecule has 2 aromatic rings. The standard InChI is InChI=1S/C24H37N7/c1-23(2)14-19(15-24(3,4)29-23)28-21-20(25)22(27-17-26-21)31-12-10-30(11-13-31)16-18-8-6-5-7-9-18/h5-9,17,19,29H,10-16,25H2,1-4H3,(H,26,27,28). The molecule has 2 aliphatic rings. The molecule has 0 aliphatic carbocycles. The highest BCUT2D eigenvalue weighted by Gasteiger charge is 2.38. The first-order chi connectivity index (χ1) is 14.7. The van der Waals surface area contributed by atoms with Crippen LogP contribution in [0.2, 0.25) is 0 Å². The second-order valence-electron chi connectivity index (χ2n) is 10.4. The van der Waals surface area contributed by atoms with Gasteiger partial charge in [-0.1, -0.05) is 30.3 Å². The van der Waals surface area contributed by atoms with Gasteiger partial charge in [-0.15, -0.1) is 0 Å². The Bertz CT molecular complexity index is 857. The monoisotopic (exact) mass is 423 g/mol. The molecule has 0 radical (unpaired) electrons. The van der Waals surface area contributed by atoms with Crippen LogP contribution < -0.4 is 21.3 Å². The molecule has 2 aliphatic heterocycles. The van der Waals surface area contributed by atoms with Crippen molar-refractivity contribution in [3.8, 4) is 0 Å². The molecule has 0 bridgehead atoms. The fourth-order valence-corrected chi connectivity index (χ4v) is 5.33. The zero-order chi connectivity index (χ0) is 22.1. The third-order valence-electron chi connectivity index (χ3n) is 6.31. The van der Waals surface area contributed by atoms with E-state index in [-0.39, 0.29) is 11.1 Å². The van der Waals surface area contributed by atoms with Crippen LogP contribution in [0.15, 0.2) is 36.7 Å². The van der Waals surface area contributed by atoms with E-state index in [1.165, 1.54) is 5.56 Å². The van der Waals surface area contributed by atoms with Gasteiger partial charge in [0.25, 0.3) is 0 Å². The predicted octanol–water partition coefficient (Wildman–Crippen LogP) is 3.10. The number of nitrogens with zero attached hydrogens (tertiary/aromatic N) is 4. The van der Waals surface area contributed by atoms with Gasteiger partial charge in [0.05, 0.1) is 0 Å². The molecule has 7 nitrogen and oxygen atoms in total. The molecule has 0 atom stereocenters. The molecule has 2 saturated heterocycles. The van der Waals surface area contributed by atoms with E-state index in [1.807, 2.05) is 0 Å². The summed E-state index contributed by atoms with van der Waals surface area (Å²) in [6, 6.07) is 11.0. The third kappa shape index (κ3) is 5.46. The average Bonchev–Trinajstić information content (AvgIpc) is 2.69. The molecule has 3 heterocycles. The Hall–Kier alpha value is -2.38. The van der Waals surface area contributed by atoms with Crippen LogP contribution in [0.4, 0.5) is 17.3 Å². The van der Waals surface area contributed by atoms with Gasteiger partial charge >= 0.3 is 0 Å². The van der Waals surface area contributed by atoms with Crippen molar-refractivity contribution in [3.63, 3.8) is 0 Å². The van der Waals surface area contributed by atoms with E-state index in [0.717, 1.165) is 57.2 Å². The lowest BCUT2D eigenvalue weighted by Gasteiger charge is -2.46. The van der Waals surface area contributed by atoms with Crippen molar-refractivity contribution in [1.82, 2.24) is 20.2 Å². The molecule has 1 aromatic carbocycles. The molecule has 168 valence electrons. The summed E-state index contributed by atoms with van der Waals surface area (Å²) >= 11 is 0. The normalized spacial score (nSPS) is 21.7. The topological polar surface area (TPSA) is 82.3 Å². The van der Waals surface area contributed by atoms with Crippen molar-refractivity contribution >= 4 is 17.3 Å². The maximum atomic E-state index is 6.57. The Morgan fingerprint density at radius 3 is 2.29 bits per heavy atom. The van der Waals surface area contributed by atoms with E-state index in [2.05, 4.69) is 88.4 Å². The predicted molar refractivity (Wildman–Crippen MR) is 128 cm³/mol. The van der Waals surface area contributed by atoms with Crippen molar-refractivity contribution in [2.24, 2.45) is 0 Å². The molecule has 0 amide bonds. The Kier molecular flexibility index (Phi) is 6.08. The van der Waals surface area contributed by atoms with E-state index < -0.39 is 0 Å². The molecule has 0 saturated carbocycles. The van der Waals surface area contributed by atoms with Crippen LogP contribution in [0.3, 0.4) is 0 Å². The van der Waals surface area contributed by atoms with Gasteiger partial charge < -0.3 is 21.3 Å². The Balaban J connectivity index is 1.40. The smallest absolute Gasteiger partial charge is 0.157 e. The summed E-state index contributed by atoms with van der Waals surface area (Å²) in [6.45, 7) is 13.8. The Morgan fingerprint density at radius 1 is 1.00 bits per heavy atom. The summed E-state index contributed by atoms with van der Waals surface area (Å²) in [5.74, 6) is 1.61. The van der Waals surface area contributed by atoms with Crippen LogP contribution in [0.5, 0.6) is 0 Å². The number of benzene rings is 1. The van der Waals surface area contributed by atoms with Crippen LogP contribution in [0.25, 0.3) is 0 Å². The summed E-state index contributed by atoms with van der Waals surface area (Å²) < 4.78 is 0. The van der Waals surface area contributed by atoms with Gasteiger partial charge in [-0.3, -0.25) is 4.90 Å². The largest absolute Gasteiger partial charge is 0.393 e. The molecule has 4 N–H and O–H groups in total. The third-order valence-corrected chi connectivity index (χ3v) is 6.31. The number of piperazine rings is 1. The van der Waals surface area contributed by atoms with Gasteiger partial charge in [-0.25, -0.2) is 9.97 Å². The number of hydrogen-bond donors (Lipinski definition) is 3. The minimum absolute atomic E-state index is 0.0686. The lowest BCUT2D eigenvalue weighted by atomic mass is 9.79. The molecule has 0 spiro atoms. The van der Waals surface area contributed by atoms with Gasteiger partial charge in [0, 0.05) is 49.8 Å². The highest BCUT2D eigenvalue weighted by Crippen LogP contribution is 2.33. The SMILES string of the molecule is CC1(C)CC(Nc2ncnc(N3CCN(Cc4ccccc4)CC3)c2N)CC(C)(C)N1. The molecule has 2 fully saturated rings. The maximum absolute atomic E-state index is 6.57. The van der Waals surface area contributed by atoms with Gasteiger partial charge in [-0.2, -0.15) is 0 Å². The van der Waals surface area contributed by atoms with Crippen molar-refractivity contribution in [1.29, 1.82) is 0 Å². The van der Waals surface area contributed by atoms with Crippen molar-refractivity contribution in [2.75, 3.05) is 42.1 Å². The highest BCUT2D eigenvalue weighted by atomic mass is 15.3. The summed E-state index contributed by atoms with van der Waals surface area (Å²) in [7, 11) is 0. The van der Waals surface area contributed by atoms with Gasteiger partial charge in [0.15, 0.2) is 11.6 Å². The van der Waals surface area contributed by atoms with Crippen LogP contribution in [-0.4, -0.2) is 58.2 Å². The zero-order valence-corrected chi connectivity index (χ0v) is 19.4. The van der Waals surface area contributed by atoms with E-state index in [9.17, 15) is 0 Å². The second-order valence-corrected chi connectivity index (χ2v) is 10.4. The van der Waals surface area contributed by atoms with Gasteiger partial charge in [0.2, 0.25) is 0 Å². The van der Waals surface area contributed by atoms with Gasteiger partial charge in [-0.05, 0) is 46.1 Å². The molecule has 7 heteroatoms. The van der Waals surface area contributed by atoms with Gasteiger partial charge in [0.1, 0.15) is 12.0 Å².